The third-order valence-electron chi connectivity index (χ3n) is 5.42. The van der Waals surface area contributed by atoms with Gasteiger partial charge in [0.15, 0.2) is 5.58 Å². The van der Waals surface area contributed by atoms with Crippen LogP contribution < -0.4 is 11.1 Å². The van der Waals surface area contributed by atoms with Gasteiger partial charge in [-0.1, -0.05) is 18.2 Å². The Bertz CT molecular complexity index is 1190. The van der Waals surface area contributed by atoms with Crippen LogP contribution in [0.2, 0.25) is 0 Å². The zero-order valence-electron chi connectivity index (χ0n) is 16.5. The standard InChI is InChI=1S/C21H20N4O6/c26-19(13-24-17-7-6-16(25(29)30)12-18(17)31-21(24)28)23-10-8-14(9-11-23)20(27)22-15-4-2-1-3-5-15/h1-7,12,14H,8-11,13H2,(H,22,27). The number of carbonyl (C=O) groups is 2. The Kier molecular flexibility index (Phi) is 5.52. The summed E-state index contributed by atoms with van der Waals surface area (Å²) in [6.45, 7) is 0.577. The van der Waals surface area contributed by atoms with Gasteiger partial charge in [-0.05, 0) is 31.0 Å². The molecule has 0 spiro atoms. The molecule has 3 aromatic rings. The van der Waals surface area contributed by atoms with Gasteiger partial charge in [0.05, 0.1) is 16.5 Å². The fraction of sp³-hybridized carbons (Fsp3) is 0.286. The number of hydrogen-bond acceptors (Lipinski definition) is 6. The largest absolute Gasteiger partial charge is 0.420 e. The van der Waals surface area contributed by atoms with E-state index in [1.165, 1.54) is 12.1 Å². The number of oxazole rings is 1. The van der Waals surface area contributed by atoms with Crippen molar-refractivity contribution >= 4 is 34.3 Å². The lowest BCUT2D eigenvalue weighted by molar-refractivity contribution is -0.384. The van der Waals surface area contributed by atoms with Gasteiger partial charge in [-0.2, -0.15) is 0 Å². The van der Waals surface area contributed by atoms with E-state index in [0.29, 0.717) is 31.4 Å². The lowest BCUT2D eigenvalue weighted by Gasteiger charge is -2.31. The van der Waals surface area contributed by atoms with Gasteiger partial charge in [0.2, 0.25) is 11.8 Å². The third kappa shape index (κ3) is 4.32. The topological polar surface area (TPSA) is 128 Å². The van der Waals surface area contributed by atoms with E-state index in [2.05, 4.69) is 5.32 Å². The number of likely N-dealkylation sites (tertiary alicyclic amines) is 1. The van der Waals surface area contributed by atoms with E-state index < -0.39 is 10.7 Å². The number of piperidine rings is 1. The Labute approximate surface area is 176 Å². The number of non-ortho nitro benzene ring substituents is 1. The van der Waals surface area contributed by atoms with Crippen LogP contribution in [0.5, 0.6) is 0 Å². The number of nitrogens with zero attached hydrogens (tertiary/aromatic N) is 3. The number of anilines is 1. The van der Waals surface area contributed by atoms with Gasteiger partial charge in [0.25, 0.3) is 5.69 Å². The maximum Gasteiger partial charge on any atom is 0.420 e. The molecule has 160 valence electrons. The molecule has 10 nitrogen and oxygen atoms in total. The number of hydrogen-bond donors (Lipinski definition) is 1. The van der Waals surface area contributed by atoms with Crippen LogP contribution in [0, 0.1) is 16.0 Å². The van der Waals surface area contributed by atoms with E-state index in [0.717, 1.165) is 16.3 Å². The molecule has 0 radical (unpaired) electrons. The van der Waals surface area contributed by atoms with Gasteiger partial charge in [0.1, 0.15) is 6.54 Å². The molecule has 0 saturated carbocycles. The molecule has 0 aliphatic carbocycles. The summed E-state index contributed by atoms with van der Waals surface area (Å²) in [6.07, 6.45) is 1.05. The number of aromatic nitrogens is 1. The fourth-order valence-electron chi connectivity index (χ4n) is 3.71. The van der Waals surface area contributed by atoms with Crippen LogP contribution in [0.3, 0.4) is 0 Å². The Balaban J connectivity index is 1.38. The monoisotopic (exact) mass is 424 g/mol. The van der Waals surface area contributed by atoms with E-state index in [1.54, 1.807) is 4.90 Å². The number of nitro groups is 1. The maximum absolute atomic E-state index is 12.7. The average molecular weight is 424 g/mol. The van der Waals surface area contributed by atoms with Gasteiger partial charge in [-0.3, -0.25) is 24.3 Å². The van der Waals surface area contributed by atoms with E-state index in [9.17, 15) is 24.5 Å². The minimum atomic E-state index is -0.749. The van der Waals surface area contributed by atoms with Gasteiger partial charge < -0.3 is 14.6 Å². The number of amides is 2. The van der Waals surface area contributed by atoms with Crippen molar-refractivity contribution in [3.8, 4) is 0 Å². The van der Waals surface area contributed by atoms with E-state index in [4.69, 9.17) is 4.42 Å². The summed E-state index contributed by atoms with van der Waals surface area (Å²) in [4.78, 5) is 49.2. The van der Waals surface area contributed by atoms with Crippen LogP contribution in [0.25, 0.3) is 11.1 Å². The summed E-state index contributed by atoms with van der Waals surface area (Å²) < 4.78 is 6.22. The zero-order chi connectivity index (χ0) is 22.0. The minimum Gasteiger partial charge on any atom is -0.407 e. The highest BCUT2D eigenvalue weighted by atomic mass is 16.6. The van der Waals surface area contributed by atoms with Gasteiger partial charge in [-0.15, -0.1) is 0 Å². The normalized spacial score (nSPS) is 14.5. The first-order valence-electron chi connectivity index (χ1n) is 9.84. The Morgan fingerprint density at radius 3 is 2.52 bits per heavy atom. The van der Waals surface area contributed by atoms with Crippen LogP contribution in [0.15, 0.2) is 57.7 Å². The second kappa shape index (κ2) is 8.42. The molecule has 1 N–H and O–H groups in total. The molecule has 2 aromatic carbocycles. The molecular weight excluding hydrogens is 404 g/mol. The summed E-state index contributed by atoms with van der Waals surface area (Å²) in [5.41, 5.74) is 0.914. The number of nitrogens with one attached hydrogen (secondary N) is 1. The van der Waals surface area contributed by atoms with E-state index in [1.807, 2.05) is 30.3 Å². The molecule has 1 aromatic heterocycles. The first-order chi connectivity index (χ1) is 14.9. The fourth-order valence-corrected chi connectivity index (χ4v) is 3.71. The number of benzene rings is 2. The SMILES string of the molecule is O=C(Nc1ccccc1)C1CCN(C(=O)Cn2c(=O)oc3cc([N+](=O)[O-])ccc32)CC1. The molecule has 1 saturated heterocycles. The molecule has 31 heavy (non-hydrogen) atoms. The second-order valence-electron chi connectivity index (χ2n) is 7.37. The van der Waals surface area contributed by atoms with Crippen LogP contribution in [-0.4, -0.2) is 39.3 Å². The van der Waals surface area contributed by atoms with Crippen LogP contribution in [0.1, 0.15) is 12.8 Å². The van der Waals surface area contributed by atoms with Crippen LogP contribution >= 0.6 is 0 Å². The van der Waals surface area contributed by atoms with Crippen LogP contribution in [-0.2, 0) is 16.1 Å². The number of para-hydroxylation sites is 1. The molecule has 0 bridgehead atoms. The predicted molar refractivity (Wildman–Crippen MR) is 112 cm³/mol. The van der Waals surface area contributed by atoms with Crippen molar-refractivity contribution in [2.24, 2.45) is 5.92 Å². The number of carbonyl (C=O) groups excluding carboxylic acids is 2. The quantitative estimate of drug-likeness (QED) is 0.495. The highest BCUT2D eigenvalue weighted by Crippen LogP contribution is 2.22. The molecule has 4 rings (SSSR count). The van der Waals surface area contributed by atoms with Crippen molar-refractivity contribution in [1.82, 2.24) is 9.47 Å². The van der Waals surface area contributed by atoms with Gasteiger partial charge >= 0.3 is 5.76 Å². The molecular formula is C21H20N4O6. The van der Waals surface area contributed by atoms with Crippen molar-refractivity contribution in [3.63, 3.8) is 0 Å². The van der Waals surface area contributed by atoms with Gasteiger partial charge in [0, 0.05) is 30.8 Å². The van der Waals surface area contributed by atoms with Crippen molar-refractivity contribution in [1.29, 1.82) is 0 Å². The maximum atomic E-state index is 12.7. The molecule has 0 atom stereocenters. The molecule has 0 unspecified atom stereocenters. The Hall–Kier alpha value is -3.95. The lowest BCUT2D eigenvalue weighted by Crippen LogP contribution is -2.43. The number of rotatable bonds is 5. The zero-order valence-corrected chi connectivity index (χ0v) is 16.5. The highest BCUT2D eigenvalue weighted by molar-refractivity contribution is 5.92. The lowest BCUT2D eigenvalue weighted by atomic mass is 9.95. The highest BCUT2D eigenvalue weighted by Gasteiger charge is 2.28. The second-order valence-corrected chi connectivity index (χ2v) is 7.37. The summed E-state index contributed by atoms with van der Waals surface area (Å²) in [6, 6.07) is 13.0. The average Bonchev–Trinajstić information content (AvgIpc) is 3.08. The summed E-state index contributed by atoms with van der Waals surface area (Å²) in [5, 5.41) is 13.8. The minimum absolute atomic E-state index is 0.0586. The van der Waals surface area contributed by atoms with E-state index >= 15 is 0 Å². The molecule has 2 heterocycles. The Morgan fingerprint density at radius 1 is 1.13 bits per heavy atom. The van der Waals surface area contributed by atoms with Crippen molar-refractivity contribution in [3.05, 3.63) is 69.2 Å². The summed E-state index contributed by atoms with van der Waals surface area (Å²) in [5.74, 6) is -1.29. The first-order valence-corrected chi connectivity index (χ1v) is 9.84. The smallest absolute Gasteiger partial charge is 0.407 e. The predicted octanol–water partition coefficient (Wildman–Crippen LogP) is 2.38. The van der Waals surface area contributed by atoms with Crippen molar-refractivity contribution < 1.29 is 18.9 Å². The summed E-state index contributed by atoms with van der Waals surface area (Å²) >= 11 is 0. The molecule has 2 amide bonds. The molecule has 1 fully saturated rings. The Morgan fingerprint density at radius 2 is 1.84 bits per heavy atom. The van der Waals surface area contributed by atoms with Crippen LogP contribution in [0.4, 0.5) is 11.4 Å². The molecule has 1 aliphatic heterocycles. The van der Waals surface area contributed by atoms with Crippen molar-refractivity contribution in [2.75, 3.05) is 18.4 Å². The number of fused-ring (bicyclic) bond motifs is 1. The van der Waals surface area contributed by atoms with Gasteiger partial charge in [-0.25, -0.2) is 4.79 Å². The number of nitro benzene ring substituents is 1. The summed E-state index contributed by atoms with van der Waals surface area (Å²) in [7, 11) is 0. The van der Waals surface area contributed by atoms with Crippen molar-refractivity contribution in [2.45, 2.75) is 19.4 Å². The first kappa shape index (κ1) is 20.3. The third-order valence-corrected chi connectivity index (χ3v) is 5.42. The van der Waals surface area contributed by atoms with E-state index in [-0.39, 0.29) is 35.5 Å². The molecule has 1 aliphatic rings. The molecule has 10 heteroatoms.